The zero-order valence-electron chi connectivity index (χ0n) is 24.2. The molecule has 2 atom stereocenters. The maximum Gasteiger partial charge on any atom is 0.309 e. The molecule has 0 radical (unpaired) electrons. The summed E-state index contributed by atoms with van der Waals surface area (Å²) in [5, 5.41) is 12.9. The first kappa shape index (κ1) is 29.4. The van der Waals surface area contributed by atoms with E-state index in [0.717, 1.165) is 62.0 Å². The average molecular weight is 612 g/mol. The Kier molecular flexibility index (Phi) is 9.02. The van der Waals surface area contributed by atoms with Crippen molar-refractivity contribution in [1.82, 2.24) is 9.88 Å². The lowest BCUT2D eigenvalue weighted by molar-refractivity contribution is -0.147. The van der Waals surface area contributed by atoms with Crippen LogP contribution in [0.25, 0.3) is 11.3 Å². The van der Waals surface area contributed by atoms with Crippen molar-refractivity contribution in [3.8, 4) is 17.0 Å². The first-order chi connectivity index (χ1) is 20.4. The molecule has 224 valence electrons. The number of halogens is 1. The van der Waals surface area contributed by atoms with E-state index in [0.29, 0.717) is 42.9 Å². The van der Waals surface area contributed by atoms with Gasteiger partial charge >= 0.3 is 5.97 Å². The second kappa shape index (κ2) is 12.9. The van der Waals surface area contributed by atoms with Gasteiger partial charge in [0, 0.05) is 63.5 Å². The Morgan fingerprint density at radius 3 is 2.81 bits per heavy atom. The minimum atomic E-state index is -0.812. The number of thiazole rings is 1. The van der Waals surface area contributed by atoms with Crippen molar-refractivity contribution >= 4 is 34.0 Å². The summed E-state index contributed by atoms with van der Waals surface area (Å²) in [7, 11) is 1.57. The van der Waals surface area contributed by atoms with E-state index in [-0.39, 0.29) is 6.10 Å². The van der Waals surface area contributed by atoms with E-state index < -0.39 is 11.9 Å². The third kappa shape index (κ3) is 6.03. The Bertz CT molecular complexity index is 1430. The summed E-state index contributed by atoms with van der Waals surface area (Å²) in [5.74, 6) is -0.692. The first-order valence-corrected chi connectivity index (χ1v) is 16.0. The minimum absolute atomic E-state index is 0.376. The molecule has 1 N–H and O–H groups in total. The van der Waals surface area contributed by atoms with Gasteiger partial charge in [-0.1, -0.05) is 29.8 Å². The molecule has 0 saturated carbocycles. The number of methoxy groups -OCH3 is 1. The number of hydrogen-bond acceptors (Lipinski definition) is 8. The van der Waals surface area contributed by atoms with E-state index in [1.165, 1.54) is 33.6 Å². The van der Waals surface area contributed by atoms with Crippen LogP contribution in [0.1, 0.15) is 41.5 Å². The summed E-state index contributed by atoms with van der Waals surface area (Å²) in [4.78, 5) is 21.3. The molecule has 0 unspecified atom stereocenters. The van der Waals surface area contributed by atoms with Crippen molar-refractivity contribution in [2.45, 2.75) is 57.9 Å². The fourth-order valence-electron chi connectivity index (χ4n) is 6.58. The first-order valence-electron chi connectivity index (χ1n) is 14.7. The number of nitrogens with zero attached hydrogens (tertiary/aromatic N) is 3. The van der Waals surface area contributed by atoms with Gasteiger partial charge in [-0.05, 0) is 67.0 Å². The van der Waals surface area contributed by atoms with Crippen LogP contribution in [0.2, 0.25) is 5.02 Å². The predicted molar refractivity (Wildman–Crippen MR) is 165 cm³/mol. The molecule has 42 heavy (non-hydrogen) atoms. The number of piperidine rings is 1. The van der Waals surface area contributed by atoms with Gasteiger partial charge in [0.05, 0.1) is 22.7 Å². The molecule has 0 amide bonds. The number of rotatable bonds is 8. The Balaban J connectivity index is 1.16. The van der Waals surface area contributed by atoms with E-state index in [1.54, 1.807) is 7.11 Å². The molecular formula is C32H38ClN3O5S. The predicted octanol–water partition coefficient (Wildman–Crippen LogP) is 5.81. The van der Waals surface area contributed by atoms with Crippen LogP contribution in [0.3, 0.4) is 0 Å². The molecule has 0 spiro atoms. The molecule has 2 saturated heterocycles. The van der Waals surface area contributed by atoms with Crippen LogP contribution in [0.15, 0.2) is 35.7 Å². The number of hydrogen-bond donors (Lipinski definition) is 1. The SMILES string of the molecule is CO[C@@H]1CN(c2nc(-c3cccc(Cl)c3OCc3ccc4c(c3C)CCN(C3CCOCC3)C4)cs2)CC[C@@H]1C(=O)O. The van der Waals surface area contributed by atoms with Gasteiger partial charge in [0.15, 0.2) is 5.13 Å². The largest absolute Gasteiger partial charge is 0.487 e. The normalized spacial score (nSPS) is 21.7. The van der Waals surface area contributed by atoms with Crippen molar-refractivity contribution < 1.29 is 24.1 Å². The number of carboxylic acids is 1. The Hall–Kier alpha value is -2.69. The van der Waals surface area contributed by atoms with Gasteiger partial charge in [-0.3, -0.25) is 9.69 Å². The molecule has 8 nitrogen and oxygen atoms in total. The quantitative estimate of drug-likeness (QED) is 0.341. The molecule has 6 rings (SSSR count). The minimum Gasteiger partial charge on any atom is -0.487 e. The second-order valence-corrected chi connectivity index (χ2v) is 12.7. The van der Waals surface area contributed by atoms with E-state index in [9.17, 15) is 9.90 Å². The standard InChI is InChI=1S/C32H38ClN3O5S/c1-20-22(7-6-21-16-35(12-8-24(20)21)23-10-14-40-15-11-23)18-41-30-25(4-3-5-27(30)33)28-19-42-32(34-28)36-13-9-26(31(37)38)29(17-36)39-2/h3-7,19,23,26,29H,8-18H2,1-2H3,(H,37,38)/t26-,29+/m0/s1. The van der Waals surface area contributed by atoms with Crippen molar-refractivity contribution in [2.24, 2.45) is 5.92 Å². The lowest BCUT2D eigenvalue weighted by Crippen LogP contribution is -2.47. The zero-order valence-corrected chi connectivity index (χ0v) is 25.8. The van der Waals surface area contributed by atoms with E-state index >= 15 is 0 Å². The van der Waals surface area contributed by atoms with Gasteiger partial charge in [-0.15, -0.1) is 11.3 Å². The number of fused-ring (bicyclic) bond motifs is 1. The van der Waals surface area contributed by atoms with Gasteiger partial charge < -0.3 is 24.2 Å². The molecule has 1 aromatic heterocycles. The van der Waals surface area contributed by atoms with Crippen LogP contribution < -0.4 is 9.64 Å². The number of benzene rings is 2. The van der Waals surface area contributed by atoms with Gasteiger partial charge in [0.25, 0.3) is 0 Å². The Morgan fingerprint density at radius 2 is 2.02 bits per heavy atom. The maximum atomic E-state index is 11.6. The monoisotopic (exact) mass is 611 g/mol. The fourth-order valence-corrected chi connectivity index (χ4v) is 7.67. The number of carboxylic acid groups (broad SMARTS) is 1. The van der Waals surface area contributed by atoms with Crippen molar-refractivity contribution in [3.05, 3.63) is 63.0 Å². The third-order valence-electron chi connectivity index (χ3n) is 9.09. The zero-order chi connectivity index (χ0) is 29.2. The molecule has 2 aromatic carbocycles. The number of aliphatic carboxylic acids is 1. The molecule has 3 aliphatic heterocycles. The third-order valence-corrected chi connectivity index (χ3v) is 10.3. The summed E-state index contributed by atoms with van der Waals surface area (Å²) >= 11 is 8.22. The summed E-state index contributed by atoms with van der Waals surface area (Å²) < 4.78 is 17.5. The van der Waals surface area contributed by atoms with Crippen molar-refractivity contribution in [2.75, 3.05) is 44.9 Å². The van der Waals surface area contributed by atoms with Crippen LogP contribution in [-0.2, 0) is 33.8 Å². The van der Waals surface area contributed by atoms with Crippen LogP contribution in [0, 0.1) is 12.8 Å². The molecule has 10 heteroatoms. The van der Waals surface area contributed by atoms with E-state index in [1.807, 2.05) is 23.6 Å². The number of anilines is 1. The number of carbonyl (C=O) groups is 1. The van der Waals surface area contributed by atoms with Gasteiger partial charge in [0.1, 0.15) is 12.4 Å². The second-order valence-electron chi connectivity index (χ2n) is 11.4. The summed E-state index contributed by atoms with van der Waals surface area (Å²) in [6.07, 6.45) is 3.44. The van der Waals surface area contributed by atoms with E-state index in [4.69, 9.17) is 30.8 Å². The van der Waals surface area contributed by atoms with Crippen molar-refractivity contribution in [1.29, 1.82) is 0 Å². The number of para-hydroxylation sites is 1. The Morgan fingerprint density at radius 1 is 1.19 bits per heavy atom. The van der Waals surface area contributed by atoms with Crippen LogP contribution in [0.5, 0.6) is 5.75 Å². The maximum absolute atomic E-state index is 11.6. The lowest BCUT2D eigenvalue weighted by Gasteiger charge is -2.38. The van der Waals surface area contributed by atoms with Crippen LogP contribution >= 0.6 is 22.9 Å². The van der Waals surface area contributed by atoms with Gasteiger partial charge in [-0.2, -0.15) is 0 Å². The van der Waals surface area contributed by atoms with Gasteiger partial charge in [-0.25, -0.2) is 4.98 Å². The van der Waals surface area contributed by atoms with Crippen molar-refractivity contribution in [3.63, 3.8) is 0 Å². The molecule has 3 aliphatic rings. The summed E-state index contributed by atoms with van der Waals surface area (Å²) in [6.45, 7) is 7.57. The molecule has 0 aliphatic carbocycles. The highest BCUT2D eigenvalue weighted by Crippen LogP contribution is 2.39. The highest BCUT2D eigenvalue weighted by Gasteiger charge is 2.35. The average Bonchev–Trinajstić information content (AvgIpc) is 3.51. The summed E-state index contributed by atoms with van der Waals surface area (Å²) in [5.41, 5.74) is 6.98. The molecule has 3 aromatic rings. The summed E-state index contributed by atoms with van der Waals surface area (Å²) in [6, 6.07) is 10.8. The van der Waals surface area contributed by atoms with Crippen LogP contribution in [0.4, 0.5) is 5.13 Å². The van der Waals surface area contributed by atoms with Gasteiger partial charge in [0.2, 0.25) is 0 Å². The van der Waals surface area contributed by atoms with E-state index in [2.05, 4.69) is 28.9 Å². The molecule has 4 heterocycles. The van der Waals surface area contributed by atoms with Crippen LogP contribution in [-0.4, -0.2) is 73.1 Å². The Labute approximate surface area is 256 Å². The number of ether oxygens (including phenoxy) is 3. The smallest absolute Gasteiger partial charge is 0.309 e. The fraction of sp³-hybridized carbons (Fsp3) is 0.500. The number of aromatic nitrogens is 1. The lowest BCUT2D eigenvalue weighted by atomic mass is 9.90. The molecule has 0 bridgehead atoms. The molecular weight excluding hydrogens is 574 g/mol. The highest BCUT2D eigenvalue weighted by molar-refractivity contribution is 7.14. The topological polar surface area (TPSA) is 84.4 Å². The highest BCUT2D eigenvalue weighted by atomic mass is 35.5. The molecule has 2 fully saturated rings.